The number of methoxy groups -OCH3 is 1. The Bertz CT molecular complexity index is 376. The lowest BCUT2D eigenvalue weighted by atomic mass is 10.1. The molecule has 1 aliphatic carbocycles. The number of likely N-dealkylation sites (tertiary alicyclic amines) is 2. The predicted octanol–water partition coefficient (Wildman–Crippen LogP) is 1.66. The van der Waals surface area contributed by atoms with Crippen LogP contribution in [0, 0.1) is 0 Å². The van der Waals surface area contributed by atoms with Crippen molar-refractivity contribution in [3.05, 3.63) is 0 Å². The van der Waals surface area contributed by atoms with Crippen molar-refractivity contribution in [2.75, 3.05) is 33.8 Å². The molecule has 0 aromatic carbocycles. The Kier molecular flexibility index (Phi) is 5.37. The molecule has 3 fully saturated rings. The van der Waals surface area contributed by atoms with E-state index >= 15 is 0 Å². The number of hydrogen-bond donors (Lipinski definition) is 0. The summed E-state index contributed by atoms with van der Waals surface area (Å²) in [5.41, 5.74) is 0. The van der Waals surface area contributed by atoms with Crippen LogP contribution in [0.15, 0.2) is 0 Å². The fraction of sp³-hybridized carbons (Fsp3) is 0.941. The average molecular weight is 310 g/mol. The van der Waals surface area contributed by atoms with Crippen LogP contribution in [0.4, 0.5) is 0 Å². The number of hydrogen-bond acceptors (Lipinski definition) is 4. The first-order valence-corrected chi connectivity index (χ1v) is 8.84. The van der Waals surface area contributed by atoms with Gasteiger partial charge in [0.15, 0.2) is 0 Å². The number of ether oxygens (including phenoxy) is 2. The third-order valence-electron chi connectivity index (χ3n) is 5.57. The third kappa shape index (κ3) is 3.63. The van der Waals surface area contributed by atoms with Crippen LogP contribution in [-0.4, -0.2) is 73.9 Å². The SMILES string of the molecule is CO[C@H]1C[C@@H](C(=O)N2CCC(OC3CCCC3)CC2)N(C)C1. The third-order valence-corrected chi connectivity index (χ3v) is 5.57. The highest BCUT2D eigenvalue weighted by molar-refractivity contribution is 5.82. The van der Waals surface area contributed by atoms with Crippen LogP contribution in [0.5, 0.6) is 0 Å². The Morgan fingerprint density at radius 2 is 1.64 bits per heavy atom. The van der Waals surface area contributed by atoms with Gasteiger partial charge in [-0.1, -0.05) is 12.8 Å². The quantitative estimate of drug-likeness (QED) is 0.792. The minimum absolute atomic E-state index is 0.00255. The first kappa shape index (κ1) is 16.2. The molecule has 0 spiro atoms. The summed E-state index contributed by atoms with van der Waals surface area (Å²) in [7, 11) is 3.76. The molecule has 5 nitrogen and oxygen atoms in total. The normalized spacial score (nSPS) is 32.0. The summed E-state index contributed by atoms with van der Waals surface area (Å²) < 4.78 is 11.6. The van der Waals surface area contributed by atoms with Gasteiger partial charge in [0.1, 0.15) is 0 Å². The van der Waals surface area contributed by atoms with Crippen LogP contribution in [0.2, 0.25) is 0 Å². The smallest absolute Gasteiger partial charge is 0.240 e. The highest BCUT2D eigenvalue weighted by Crippen LogP contribution is 2.26. The van der Waals surface area contributed by atoms with E-state index in [1.54, 1.807) is 7.11 Å². The Morgan fingerprint density at radius 3 is 2.23 bits per heavy atom. The molecule has 22 heavy (non-hydrogen) atoms. The van der Waals surface area contributed by atoms with Gasteiger partial charge < -0.3 is 14.4 Å². The molecule has 1 saturated carbocycles. The topological polar surface area (TPSA) is 42.0 Å². The highest BCUT2D eigenvalue weighted by Gasteiger charge is 2.38. The minimum atomic E-state index is -0.00255. The lowest BCUT2D eigenvalue weighted by Gasteiger charge is -2.35. The number of rotatable bonds is 4. The maximum absolute atomic E-state index is 12.7. The standard InChI is InChI=1S/C17H30N2O3/c1-18-12-15(21-2)11-16(18)17(20)19-9-7-14(8-10-19)22-13-5-3-4-6-13/h13-16H,3-12H2,1-2H3/t15-,16-/m0/s1. The van der Waals surface area contributed by atoms with E-state index in [2.05, 4.69) is 4.90 Å². The molecule has 2 aliphatic heterocycles. The van der Waals surface area contributed by atoms with Crippen molar-refractivity contribution in [2.24, 2.45) is 0 Å². The number of carbonyl (C=O) groups is 1. The summed E-state index contributed by atoms with van der Waals surface area (Å²) in [6.45, 7) is 2.55. The zero-order chi connectivity index (χ0) is 15.5. The van der Waals surface area contributed by atoms with Crippen LogP contribution in [0.3, 0.4) is 0 Å². The molecular weight excluding hydrogens is 280 g/mol. The molecule has 126 valence electrons. The van der Waals surface area contributed by atoms with Gasteiger partial charge in [-0.15, -0.1) is 0 Å². The zero-order valence-corrected chi connectivity index (χ0v) is 14.0. The second-order valence-corrected chi connectivity index (χ2v) is 7.12. The Labute approximate surface area is 133 Å². The van der Waals surface area contributed by atoms with Crippen LogP contribution in [0.25, 0.3) is 0 Å². The average Bonchev–Trinajstić information content (AvgIpc) is 3.17. The fourth-order valence-corrected chi connectivity index (χ4v) is 4.13. The van der Waals surface area contributed by atoms with E-state index in [1.165, 1.54) is 25.7 Å². The number of piperidine rings is 1. The van der Waals surface area contributed by atoms with Crippen LogP contribution >= 0.6 is 0 Å². The van der Waals surface area contributed by atoms with E-state index in [0.717, 1.165) is 38.9 Å². The van der Waals surface area contributed by atoms with Gasteiger partial charge in [0.25, 0.3) is 0 Å². The Hall–Kier alpha value is -0.650. The fourth-order valence-electron chi connectivity index (χ4n) is 4.13. The summed E-state index contributed by atoms with van der Waals surface area (Å²) >= 11 is 0. The minimum Gasteiger partial charge on any atom is -0.380 e. The van der Waals surface area contributed by atoms with Gasteiger partial charge >= 0.3 is 0 Å². The van der Waals surface area contributed by atoms with E-state index < -0.39 is 0 Å². The lowest BCUT2D eigenvalue weighted by molar-refractivity contribution is -0.139. The zero-order valence-electron chi connectivity index (χ0n) is 14.0. The summed E-state index contributed by atoms with van der Waals surface area (Å²) in [6, 6.07) is -0.00255. The molecular formula is C17H30N2O3. The number of nitrogens with zero attached hydrogens (tertiary/aromatic N) is 2. The Balaban J connectivity index is 1.45. The van der Waals surface area contributed by atoms with Crippen LogP contribution in [0.1, 0.15) is 44.9 Å². The van der Waals surface area contributed by atoms with Crippen molar-refractivity contribution in [2.45, 2.75) is 69.3 Å². The van der Waals surface area contributed by atoms with Gasteiger partial charge in [-0.05, 0) is 39.2 Å². The van der Waals surface area contributed by atoms with E-state index in [-0.39, 0.29) is 18.1 Å². The van der Waals surface area contributed by atoms with Crippen LogP contribution < -0.4 is 0 Å². The van der Waals surface area contributed by atoms with E-state index in [4.69, 9.17) is 9.47 Å². The first-order chi connectivity index (χ1) is 10.7. The lowest BCUT2D eigenvalue weighted by Crippen LogP contribution is -2.48. The second-order valence-electron chi connectivity index (χ2n) is 7.12. The first-order valence-electron chi connectivity index (χ1n) is 8.84. The van der Waals surface area contributed by atoms with Gasteiger partial charge in [0.05, 0.1) is 24.4 Å². The van der Waals surface area contributed by atoms with Crippen molar-refractivity contribution < 1.29 is 14.3 Å². The van der Waals surface area contributed by atoms with Crippen molar-refractivity contribution in [3.8, 4) is 0 Å². The van der Waals surface area contributed by atoms with Crippen molar-refractivity contribution in [1.29, 1.82) is 0 Å². The monoisotopic (exact) mass is 310 g/mol. The summed E-state index contributed by atoms with van der Waals surface area (Å²) in [5, 5.41) is 0. The number of carbonyl (C=O) groups excluding carboxylic acids is 1. The van der Waals surface area contributed by atoms with Crippen molar-refractivity contribution in [3.63, 3.8) is 0 Å². The molecule has 0 aromatic heterocycles. The highest BCUT2D eigenvalue weighted by atomic mass is 16.5. The molecule has 2 heterocycles. The molecule has 0 radical (unpaired) electrons. The Morgan fingerprint density at radius 1 is 1.00 bits per heavy atom. The molecule has 3 rings (SSSR count). The second kappa shape index (κ2) is 7.28. The van der Waals surface area contributed by atoms with Gasteiger partial charge in [-0.3, -0.25) is 9.69 Å². The largest absolute Gasteiger partial charge is 0.380 e. The predicted molar refractivity (Wildman–Crippen MR) is 84.8 cm³/mol. The van der Waals surface area contributed by atoms with Crippen molar-refractivity contribution >= 4 is 5.91 Å². The van der Waals surface area contributed by atoms with Crippen molar-refractivity contribution in [1.82, 2.24) is 9.80 Å². The molecule has 3 aliphatic rings. The molecule has 0 aromatic rings. The van der Waals surface area contributed by atoms with Gasteiger partial charge in [-0.2, -0.15) is 0 Å². The van der Waals surface area contributed by atoms with Crippen LogP contribution in [-0.2, 0) is 14.3 Å². The molecule has 2 atom stereocenters. The molecule has 0 unspecified atom stereocenters. The van der Waals surface area contributed by atoms with E-state index in [0.29, 0.717) is 12.2 Å². The summed E-state index contributed by atoms with van der Waals surface area (Å²) in [5.74, 6) is 0.279. The maximum Gasteiger partial charge on any atom is 0.240 e. The molecule has 0 bridgehead atoms. The number of likely N-dealkylation sites (N-methyl/N-ethyl adjacent to an activating group) is 1. The van der Waals surface area contributed by atoms with Gasteiger partial charge in [0.2, 0.25) is 5.91 Å². The molecule has 5 heteroatoms. The van der Waals surface area contributed by atoms with Gasteiger partial charge in [-0.25, -0.2) is 0 Å². The van der Waals surface area contributed by atoms with E-state index in [1.807, 2.05) is 11.9 Å². The van der Waals surface area contributed by atoms with Gasteiger partial charge in [0, 0.05) is 26.7 Å². The van der Waals surface area contributed by atoms with E-state index in [9.17, 15) is 4.79 Å². The summed E-state index contributed by atoms with van der Waals surface area (Å²) in [6.07, 6.45) is 8.93. The molecule has 0 N–H and O–H groups in total. The number of amides is 1. The molecule has 2 saturated heterocycles. The molecule has 1 amide bonds. The summed E-state index contributed by atoms with van der Waals surface area (Å²) in [4.78, 5) is 16.9. The maximum atomic E-state index is 12.7.